The first-order valence-electron chi connectivity index (χ1n) is 5.73. The fourth-order valence-electron chi connectivity index (χ4n) is 1.55. The minimum atomic E-state index is 0.208. The zero-order valence-corrected chi connectivity index (χ0v) is 12.0. The number of nitrogens with two attached hydrogens (primary N) is 1. The van der Waals surface area contributed by atoms with Crippen LogP contribution in [0.3, 0.4) is 0 Å². The van der Waals surface area contributed by atoms with Gasteiger partial charge in [0, 0.05) is 11.8 Å². The molecule has 0 aliphatic rings. The number of halogens is 1. The number of thioether (sulfide) groups is 1. The molecule has 2 rings (SSSR count). The second-order valence-electron chi connectivity index (χ2n) is 3.83. The first-order valence-corrected chi connectivity index (χ1v) is 7.09. The highest BCUT2D eigenvalue weighted by molar-refractivity contribution is 7.99. The fraction of sp³-hybridized carbons (Fsp3) is 0.231. The highest BCUT2D eigenvalue weighted by Gasteiger charge is 2.02. The standard InChI is InChI=1S/C13H14ClN3OS/c1-18-10-4-2-9(3-5-10)6-7-19-12-8-11(14)16-13(15)17-12/h2-5,8H,6-7H2,1H3,(H2,15,16,17). The number of anilines is 1. The van der Waals surface area contributed by atoms with E-state index in [1.807, 2.05) is 12.1 Å². The van der Waals surface area contributed by atoms with Crippen molar-refractivity contribution in [3.8, 4) is 5.75 Å². The molecule has 0 fully saturated rings. The Kier molecular flexibility index (Phi) is 4.87. The molecule has 0 spiro atoms. The van der Waals surface area contributed by atoms with Gasteiger partial charge in [0.05, 0.1) is 7.11 Å². The van der Waals surface area contributed by atoms with Gasteiger partial charge in [0.1, 0.15) is 15.9 Å². The summed E-state index contributed by atoms with van der Waals surface area (Å²) in [5.41, 5.74) is 6.79. The summed E-state index contributed by atoms with van der Waals surface area (Å²) in [6.45, 7) is 0. The van der Waals surface area contributed by atoms with Crippen LogP contribution in [0.2, 0.25) is 5.15 Å². The maximum atomic E-state index is 5.82. The van der Waals surface area contributed by atoms with Crippen molar-refractivity contribution in [1.29, 1.82) is 0 Å². The van der Waals surface area contributed by atoms with Crippen molar-refractivity contribution in [2.45, 2.75) is 11.4 Å². The van der Waals surface area contributed by atoms with Gasteiger partial charge < -0.3 is 10.5 Å². The van der Waals surface area contributed by atoms with Crippen molar-refractivity contribution < 1.29 is 4.74 Å². The van der Waals surface area contributed by atoms with Crippen molar-refractivity contribution in [3.63, 3.8) is 0 Å². The maximum absolute atomic E-state index is 5.82. The van der Waals surface area contributed by atoms with E-state index in [1.165, 1.54) is 5.56 Å². The van der Waals surface area contributed by atoms with E-state index in [1.54, 1.807) is 24.9 Å². The first-order chi connectivity index (χ1) is 9.17. The van der Waals surface area contributed by atoms with Crippen molar-refractivity contribution in [3.05, 3.63) is 41.0 Å². The zero-order chi connectivity index (χ0) is 13.7. The van der Waals surface area contributed by atoms with Gasteiger partial charge in [-0.3, -0.25) is 0 Å². The van der Waals surface area contributed by atoms with E-state index in [0.717, 1.165) is 22.9 Å². The van der Waals surface area contributed by atoms with E-state index in [9.17, 15) is 0 Å². The fourth-order valence-corrected chi connectivity index (χ4v) is 2.71. The van der Waals surface area contributed by atoms with Gasteiger partial charge in [0.2, 0.25) is 5.95 Å². The van der Waals surface area contributed by atoms with Gasteiger partial charge in [-0.1, -0.05) is 23.7 Å². The third kappa shape index (κ3) is 4.29. The van der Waals surface area contributed by atoms with Crippen LogP contribution in [0.4, 0.5) is 5.95 Å². The Balaban J connectivity index is 1.88. The smallest absolute Gasteiger partial charge is 0.222 e. The molecule has 4 nitrogen and oxygen atoms in total. The number of aryl methyl sites for hydroxylation is 1. The molecule has 1 aromatic carbocycles. The number of aromatic nitrogens is 2. The Morgan fingerprint density at radius 1 is 1.26 bits per heavy atom. The predicted octanol–water partition coefficient (Wildman–Crippen LogP) is 3.06. The molecule has 0 atom stereocenters. The van der Waals surface area contributed by atoms with Gasteiger partial charge in [0.15, 0.2) is 0 Å². The average molecular weight is 296 g/mol. The van der Waals surface area contributed by atoms with E-state index in [0.29, 0.717) is 5.15 Å². The summed E-state index contributed by atoms with van der Waals surface area (Å²) in [5.74, 6) is 1.98. The quantitative estimate of drug-likeness (QED) is 0.678. The maximum Gasteiger partial charge on any atom is 0.222 e. The lowest BCUT2D eigenvalue weighted by molar-refractivity contribution is 0.414. The second-order valence-corrected chi connectivity index (χ2v) is 5.34. The number of hydrogen-bond acceptors (Lipinski definition) is 5. The Morgan fingerprint density at radius 2 is 2.00 bits per heavy atom. The van der Waals surface area contributed by atoms with Crippen molar-refractivity contribution in [2.75, 3.05) is 18.6 Å². The number of nitrogen functional groups attached to an aromatic ring is 1. The van der Waals surface area contributed by atoms with Crippen molar-refractivity contribution in [2.24, 2.45) is 0 Å². The van der Waals surface area contributed by atoms with E-state index in [-0.39, 0.29) is 5.95 Å². The van der Waals surface area contributed by atoms with E-state index in [4.69, 9.17) is 22.1 Å². The van der Waals surface area contributed by atoms with Crippen LogP contribution in [0.1, 0.15) is 5.56 Å². The van der Waals surface area contributed by atoms with Gasteiger partial charge in [0.25, 0.3) is 0 Å². The molecule has 0 saturated carbocycles. The van der Waals surface area contributed by atoms with Crippen LogP contribution in [0, 0.1) is 0 Å². The van der Waals surface area contributed by atoms with Crippen LogP contribution >= 0.6 is 23.4 Å². The summed E-state index contributed by atoms with van der Waals surface area (Å²) in [6, 6.07) is 9.75. The molecule has 2 aromatic rings. The molecule has 6 heteroatoms. The van der Waals surface area contributed by atoms with Gasteiger partial charge in [-0.05, 0) is 24.1 Å². The Bertz CT molecular complexity index is 528. The van der Waals surface area contributed by atoms with Gasteiger partial charge >= 0.3 is 0 Å². The van der Waals surface area contributed by atoms with E-state index >= 15 is 0 Å². The number of hydrogen-bond donors (Lipinski definition) is 1. The molecule has 0 radical (unpaired) electrons. The largest absolute Gasteiger partial charge is 0.497 e. The molecule has 1 heterocycles. The van der Waals surface area contributed by atoms with Crippen molar-refractivity contribution in [1.82, 2.24) is 9.97 Å². The van der Waals surface area contributed by atoms with Gasteiger partial charge in [-0.25, -0.2) is 9.97 Å². The van der Waals surface area contributed by atoms with Crippen LogP contribution in [0.5, 0.6) is 5.75 Å². The molecule has 100 valence electrons. The zero-order valence-electron chi connectivity index (χ0n) is 10.5. The lowest BCUT2D eigenvalue weighted by Gasteiger charge is -2.04. The third-order valence-corrected chi connectivity index (χ3v) is 3.60. The minimum Gasteiger partial charge on any atom is -0.497 e. The first kappa shape index (κ1) is 14.0. The summed E-state index contributed by atoms with van der Waals surface area (Å²) in [7, 11) is 1.66. The lowest BCUT2D eigenvalue weighted by atomic mass is 10.2. The average Bonchev–Trinajstić information content (AvgIpc) is 2.38. The molecule has 0 saturated heterocycles. The predicted molar refractivity (Wildman–Crippen MR) is 78.9 cm³/mol. The summed E-state index contributed by atoms with van der Waals surface area (Å²) < 4.78 is 5.12. The highest BCUT2D eigenvalue weighted by atomic mass is 35.5. The summed E-state index contributed by atoms with van der Waals surface area (Å²) in [4.78, 5) is 7.94. The lowest BCUT2D eigenvalue weighted by Crippen LogP contribution is -1.97. The normalized spacial score (nSPS) is 10.4. The molecular weight excluding hydrogens is 282 g/mol. The molecule has 2 N–H and O–H groups in total. The van der Waals surface area contributed by atoms with Crippen LogP contribution in [-0.4, -0.2) is 22.8 Å². The summed E-state index contributed by atoms with van der Waals surface area (Å²) >= 11 is 7.43. The molecule has 0 amide bonds. The summed E-state index contributed by atoms with van der Waals surface area (Å²) in [5, 5.41) is 1.17. The Labute approximate surface area is 121 Å². The number of ether oxygens (including phenoxy) is 1. The molecule has 0 aliphatic carbocycles. The number of nitrogens with zero attached hydrogens (tertiary/aromatic N) is 2. The van der Waals surface area contributed by atoms with Crippen molar-refractivity contribution >= 4 is 29.3 Å². The molecule has 1 aromatic heterocycles. The second kappa shape index (κ2) is 6.63. The van der Waals surface area contributed by atoms with Crippen LogP contribution in [-0.2, 0) is 6.42 Å². The minimum absolute atomic E-state index is 0.208. The summed E-state index contributed by atoms with van der Waals surface area (Å²) in [6.07, 6.45) is 0.941. The molecular formula is C13H14ClN3OS. The Hall–Kier alpha value is -1.46. The van der Waals surface area contributed by atoms with Gasteiger partial charge in [-0.15, -0.1) is 11.8 Å². The molecule has 19 heavy (non-hydrogen) atoms. The molecule has 0 aliphatic heterocycles. The van der Waals surface area contributed by atoms with E-state index < -0.39 is 0 Å². The topological polar surface area (TPSA) is 61.0 Å². The molecule has 0 unspecified atom stereocenters. The van der Waals surface area contributed by atoms with E-state index in [2.05, 4.69) is 22.1 Å². The SMILES string of the molecule is COc1ccc(CCSc2cc(Cl)nc(N)n2)cc1. The van der Waals surface area contributed by atoms with Crippen LogP contribution in [0.15, 0.2) is 35.4 Å². The Morgan fingerprint density at radius 3 is 2.63 bits per heavy atom. The number of benzene rings is 1. The number of rotatable bonds is 5. The van der Waals surface area contributed by atoms with Gasteiger partial charge in [-0.2, -0.15) is 0 Å². The third-order valence-electron chi connectivity index (χ3n) is 2.49. The van der Waals surface area contributed by atoms with Crippen LogP contribution < -0.4 is 10.5 Å². The van der Waals surface area contributed by atoms with Crippen LogP contribution in [0.25, 0.3) is 0 Å². The molecule has 0 bridgehead atoms. The highest BCUT2D eigenvalue weighted by Crippen LogP contribution is 2.21. The monoisotopic (exact) mass is 295 g/mol. The number of methoxy groups -OCH3 is 1.